The molecule has 2 aliphatic heterocycles. The molecule has 1 atom stereocenters. The molecule has 1 aromatic rings. The van der Waals surface area contributed by atoms with E-state index in [1.807, 2.05) is 24.1 Å². The maximum absolute atomic E-state index is 12.1. The summed E-state index contributed by atoms with van der Waals surface area (Å²) in [6, 6.07) is 8.13. The fraction of sp³-hybridized carbons (Fsp3) is 0.571. The number of carbonyl (C=O) groups is 1. The summed E-state index contributed by atoms with van der Waals surface area (Å²) in [6.07, 6.45) is 7.11. The van der Waals surface area contributed by atoms with E-state index in [0.717, 1.165) is 51.3 Å². The average Bonchev–Trinajstić information content (AvgIpc) is 2.80. The van der Waals surface area contributed by atoms with Gasteiger partial charge in [0.1, 0.15) is 5.75 Å². The second kappa shape index (κ2) is 8.23. The smallest absolute Gasteiger partial charge is 0.222 e. The summed E-state index contributed by atoms with van der Waals surface area (Å²) in [5.74, 6) is 1.17. The van der Waals surface area contributed by atoms with Crippen LogP contribution in [-0.4, -0.2) is 80.1 Å². The van der Waals surface area contributed by atoms with E-state index in [4.69, 9.17) is 4.74 Å². The molecular weight excluding hydrogens is 326 g/mol. The van der Waals surface area contributed by atoms with Crippen LogP contribution in [-0.2, 0) is 4.79 Å². The number of hydrogen-bond acceptors (Lipinski definition) is 4. The molecule has 5 heteroatoms. The van der Waals surface area contributed by atoms with E-state index in [1.54, 1.807) is 7.11 Å². The molecule has 5 nitrogen and oxygen atoms in total. The Bertz CT molecular complexity index is 643. The fourth-order valence-corrected chi connectivity index (χ4v) is 4.05. The van der Waals surface area contributed by atoms with Crippen molar-refractivity contribution in [2.75, 3.05) is 53.9 Å². The lowest BCUT2D eigenvalue weighted by atomic mass is 9.86. The number of nitrogens with zero attached hydrogens (tertiary/aromatic N) is 3. The number of piperazine rings is 1. The van der Waals surface area contributed by atoms with Crippen LogP contribution in [0.15, 0.2) is 30.3 Å². The van der Waals surface area contributed by atoms with E-state index in [1.165, 1.54) is 5.56 Å². The first-order chi connectivity index (χ1) is 12.5. The lowest BCUT2D eigenvalue weighted by Crippen LogP contribution is -2.61. The highest BCUT2D eigenvalue weighted by atomic mass is 16.5. The number of likely N-dealkylation sites (tertiary alicyclic amines) is 1. The molecule has 0 N–H and O–H groups in total. The lowest BCUT2D eigenvalue weighted by molar-refractivity contribution is -0.129. The van der Waals surface area contributed by atoms with Gasteiger partial charge in [-0.25, -0.2) is 0 Å². The maximum Gasteiger partial charge on any atom is 0.222 e. The third kappa shape index (κ3) is 4.27. The minimum Gasteiger partial charge on any atom is -0.497 e. The van der Waals surface area contributed by atoms with Crippen LogP contribution in [0.5, 0.6) is 5.75 Å². The molecule has 0 saturated carbocycles. The van der Waals surface area contributed by atoms with Crippen molar-refractivity contribution in [2.45, 2.75) is 24.8 Å². The fourth-order valence-electron chi connectivity index (χ4n) is 4.05. The van der Waals surface area contributed by atoms with Gasteiger partial charge in [0.25, 0.3) is 0 Å². The van der Waals surface area contributed by atoms with Gasteiger partial charge in [0, 0.05) is 51.7 Å². The molecule has 1 spiro atoms. The zero-order valence-electron chi connectivity index (χ0n) is 16.3. The molecule has 2 heterocycles. The van der Waals surface area contributed by atoms with Crippen molar-refractivity contribution in [3.05, 3.63) is 35.9 Å². The Hall–Kier alpha value is -1.85. The van der Waals surface area contributed by atoms with Crippen LogP contribution in [0, 0.1) is 0 Å². The summed E-state index contributed by atoms with van der Waals surface area (Å²) in [4.78, 5) is 19.0. The van der Waals surface area contributed by atoms with Crippen molar-refractivity contribution in [2.24, 2.45) is 0 Å². The van der Waals surface area contributed by atoms with E-state index in [2.05, 4.69) is 41.1 Å². The third-order valence-electron chi connectivity index (χ3n) is 6.01. The molecule has 142 valence electrons. The van der Waals surface area contributed by atoms with Gasteiger partial charge in [-0.1, -0.05) is 24.3 Å². The minimum atomic E-state index is 0.132. The van der Waals surface area contributed by atoms with Gasteiger partial charge in [-0.3, -0.25) is 14.6 Å². The molecule has 3 rings (SSSR count). The number of hydrogen-bond donors (Lipinski definition) is 0. The summed E-state index contributed by atoms with van der Waals surface area (Å²) < 4.78 is 5.20. The number of ether oxygens (including phenoxy) is 1. The summed E-state index contributed by atoms with van der Waals surface area (Å²) in [7, 11) is 5.84. The Morgan fingerprint density at radius 1 is 1.12 bits per heavy atom. The largest absolute Gasteiger partial charge is 0.497 e. The molecule has 26 heavy (non-hydrogen) atoms. The second-order valence-electron chi connectivity index (χ2n) is 7.62. The summed E-state index contributed by atoms with van der Waals surface area (Å²) in [5, 5.41) is 0. The van der Waals surface area contributed by atoms with Crippen LogP contribution in [0.3, 0.4) is 0 Å². The van der Waals surface area contributed by atoms with E-state index in [0.29, 0.717) is 6.42 Å². The monoisotopic (exact) mass is 357 g/mol. The highest BCUT2D eigenvalue weighted by Crippen LogP contribution is 2.31. The number of amides is 1. The van der Waals surface area contributed by atoms with Crippen molar-refractivity contribution < 1.29 is 9.53 Å². The van der Waals surface area contributed by atoms with Gasteiger partial charge < -0.3 is 9.64 Å². The molecule has 0 aliphatic carbocycles. The van der Waals surface area contributed by atoms with Crippen LogP contribution < -0.4 is 4.74 Å². The second-order valence-corrected chi connectivity index (χ2v) is 7.62. The average molecular weight is 357 g/mol. The van der Waals surface area contributed by atoms with E-state index < -0.39 is 0 Å². The Kier molecular flexibility index (Phi) is 5.99. The Labute approximate surface area is 157 Å². The Balaban J connectivity index is 1.60. The van der Waals surface area contributed by atoms with Crippen LogP contribution in [0.1, 0.15) is 24.8 Å². The number of likely N-dealkylation sites (N-methyl/N-ethyl adjacent to an activating group) is 1. The van der Waals surface area contributed by atoms with Gasteiger partial charge in [-0.15, -0.1) is 0 Å². The highest BCUT2D eigenvalue weighted by molar-refractivity contribution is 5.76. The molecule has 2 aliphatic rings. The topological polar surface area (TPSA) is 36.0 Å². The van der Waals surface area contributed by atoms with Gasteiger partial charge in [0.05, 0.1) is 7.11 Å². The molecule has 2 fully saturated rings. The maximum atomic E-state index is 12.1. The predicted molar refractivity (Wildman–Crippen MR) is 105 cm³/mol. The van der Waals surface area contributed by atoms with Crippen molar-refractivity contribution in [3.8, 4) is 5.75 Å². The first kappa shape index (κ1) is 18.9. The first-order valence-electron chi connectivity index (χ1n) is 9.51. The SMILES string of the molecule is COc1ccc(/C=C/CN2CCN(C)[C@]3(CCC(=O)N(C)CC3)C2)cc1. The zero-order valence-corrected chi connectivity index (χ0v) is 16.3. The van der Waals surface area contributed by atoms with Crippen LogP contribution in [0.25, 0.3) is 6.08 Å². The molecule has 1 aromatic carbocycles. The third-order valence-corrected chi connectivity index (χ3v) is 6.01. The summed E-state index contributed by atoms with van der Waals surface area (Å²) in [5.41, 5.74) is 1.32. The molecule has 0 aromatic heterocycles. The number of methoxy groups -OCH3 is 1. The number of rotatable bonds is 4. The number of carbonyl (C=O) groups excluding carboxylic acids is 1. The normalized spacial score (nSPS) is 25.8. The first-order valence-corrected chi connectivity index (χ1v) is 9.51. The quantitative estimate of drug-likeness (QED) is 0.829. The van der Waals surface area contributed by atoms with E-state index >= 15 is 0 Å². The predicted octanol–water partition coefficient (Wildman–Crippen LogP) is 2.34. The highest BCUT2D eigenvalue weighted by Gasteiger charge is 2.41. The van der Waals surface area contributed by atoms with Crippen molar-refractivity contribution in [1.29, 1.82) is 0 Å². The van der Waals surface area contributed by atoms with E-state index in [9.17, 15) is 4.79 Å². The Morgan fingerprint density at radius 2 is 1.88 bits per heavy atom. The molecular formula is C21H31N3O2. The van der Waals surface area contributed by atoms with Crippen LogP contribution in [0.2, 0.25) is 0 Å². The lowest BCUT2D eigenvalue weighted by Gasteiger charge is -2.49. The van der Waals surface area contributed by atoms with Gasteiger partial charge in [0.2, 0.25) is 5.91 Å². The molecule has 0 unspecified atom stereocenters. The van der Waals surface area contributed by atoms with Crippen LogP contribution in [0.4, 0.5) is 0 Å². The standard InChI is InChI=1S/C21H31N3O2/c1-22-14-12-21(11-10-20(22)25)17-24(16-15-23(21)2)13-4-5-18-6-8-19(26-3)9-7-18/h4-9H,10-17H2,1-3H3/b5-4+/t21-/m0/s1. The van der Waals surface area contributed by atoms with Gasteiger partial charge in [-0.2, -0.15) is 0 Å². The van der Waals surface area contributed by atoms with Gasteiger partial charge >= 0.3 is 0 Å². The summed E-state index contributed by atoms with van der Waals surface area (Å²) in [6.45, 7) is 4.99. The van der Waals surface area contributed by atoms with E-state index in [-0.39, 0.29) is 11.4 Å². The summed E-state index contributed by atoms with van der Waals surface area (Å²) >= 11 is 0. The zero-order chi connectivity index (χ0) is 18.6. The van der Waals surface area contributed by atoms with Gasteiger partial charge in [0.15, 0.2) is 0 Å². The Morgan fingerprint density at radius 3 is 2.62 bits per heavy atom. The van der Waals surface area contributed by atoms with Crippen molar-refractivity contribution in [3.63, 3.8) is 0 Å². The number of benzene rings is 1. The molecule has 0 bridgehead atoms. The molecule has 0 radical (unpaired) electrons. The molecule has 1 amide bonds. The minimum absolute atomic E-state index is 0.132. The van der Waals surface area contributed by atoms with Crippen molar-refractivity contribution in [1.82, 2.24) is 14.7 Å². The van der Waals surface area contributed by atoms with Crippen molar-refractivity contribution >= 4 is 12.0 Å². The molecule has 2 saturated heterocycles. The van der Waals surface area contributed by atoms with Crippen LogP contribution >= 0.6 is 0 Å². The van der Waals surface area contributed by atoms with Gasteiger partial charge in [-0.05, 0) is 37.6 Å².